The zero-order valence-electron chi connectivity index (χ0n) is 16.5. The molecule has 0 unspecified atom stereocenters. The van der Waals surface area contributed by atoms with E-state index >= 15 is 0 Å². The van der Waals surface area contributed by atoms with Crippen molar-refractivity contribution in [2.45, 2.75) is 19.3 Å². The number of nitrogens with two attached hydrogens (primary N) is 1. The number of carbonyl (C=O) groups is 3. The molecule has 4 amide bonds. The molecule has 0 atom stereocenters. The van der Waals surface area contributed by atoms with Crippen LogP contribution in [0.2, 0.25) is 0 Å². The standard InChI is InChI=1S/C16H10F7N3O3.C2H5NO/c17-11-2-1-3-24-13(11)26-14(28)25-12(27)7-29-10-5-8(15(18,19)20)4-9(6-10)16(21,22)23;1-2(3)4/h1-6H,7H2,(H2,24,25,26,27,28);1H3,(H2,3,4). The number of nitrogens with one attached hydrogen (secondary N) is 2. The van der Waals surface area contributed by atoms with Crippen molar-refractivity contribution in [3.8, 4) is 5.75 Å². The molecule has 0 fully saturated rings. The number of primary amides is 1. The first-order valence-corrected chi connectivity index (χ1v) is 8.49. The van der Waals surface area contributed by atoms with Crippen LogP contribution in [-0.4, -0.2) is 29.4 Å². The maximum atomic E-state index is 13.3. The SMILES string of the molecule is CC(N)=O.O=C(COc1cc(C(F)(F)F)cc(C(F)(F)F)c1)NC(=O)Nc1ncccc1F. The second-order valence-corrected chi connectivity index (χ2v) is 5.98. The minimum absolute atomic E-state index is 0.109. The van der Waals surface area contributed by atoms with Gasteiger partial charge in [-0.05, 0) is 30.3 Å². The minimum Gasteiger partial charge on any atom is -0.484 e. The van der Waals surface area contributed by atoms with Gasteiger partial charge in [0, 0.05) is 13.1 Å². The topological polar surface area (TPSA) is 123 Å². The van der Waals surface area contributed by atoms with Gasteiger partial charge >= 0.3 is 18.4 Å². The molecule has 2 rings (SSSR count). The summed E-state index contributed by atoms with van der Waals surface area (Å²) in [5, 5.41) is 3.54. The quantitative estimate of drug-likeness (QED) is 0.574. The van der Waals surface area contributed by atoms with Crippen LogP contribution in [0.1, 0.15) is 18.1 Å². The van der Waals surface area contributed by atoms with Crippen LogP contribution >= 0.6 is 0 Å². The number of hydrogen-bond donors (Lipinski definition) is 3. The van der Waals surface area contributed by atoms with Gasteiger partial charge in [-0.2, -0.15) is 26.3 Å². The summed E-state index contributed by atoms with van der Waals surface area (Å²) >= 11 is 0. The van der Waals surface area contributed by atoms with Crippen LogP contribution in [-0.2, 0) is 21.9 Å². The maximum Gasteiger partial charge on any atom is 0.416 e. The molecule has 1 aromatic heterocycles. The lowest BCUT2D eigenvalue weighted by Gasteiger charge is -2.14. The average Bonchev–Trinajstić information content (AvgIpc) is 2.66. The molecule has 2 aromatic rings. The summed E-state index contributed by atoms with van der Waals surface area (Å²) in [4.78, 5) is 35.9. The second-order valence-electron chi connectivity index (χ2n) is 5.98. The van der Waals surface area contributed by atoms with Crippen molar-refractivity contribution in [2.75, 3.05) is 11.9 Å². The number of anilines is 1. The highest BCUT2D eigenvalue weighted by molar-refractivity contribution is 6.01. The van der Waals surface area contributed by atoms with E-state index in [1.54, 1.807) is 5.32 Å². The number of amides is 4. The van der Waals surface area contributed by atoms with Crippen LogP contribution in [0.25, 0.3) is 0 Å². The highest BCUT2D eigenvalue weighted by Gasteiger charge is 2.37. The average molecular weight is 484 g/mol. The fourth-order valence-electron chi connectivity index (χ4n) is 1.94. The van der Waals surface area contributed by atoms with E-state index in [1.165, 1.54) is 13.0 Å². The van der Waals surface area contributed by atoms with Crippen molar-refractivity contribution in [2.24, 2.45) is 5.73 Å². The molecule has 8 nitrogen and oxygen atoms in total. The summed E-state index contributed by atoms with van der Waals surface area (Å²) in [5.41, 5.74) is 1.21. The summed E-state index contributed by atoms with van der Waals surface area (Å²) < 4.78 is 94.5. The van der Waals surface area contributed by atoms with Crippen LogP contribution in [0.3, 0.4) is 0 Å². The smallest absolute Gasteiger partial charge is 0.416 e. The Bertz CT molecular complexity index is 974. The van der Waals surface area contributed by atoms with Gasteiger partial charge in [0.2, 0.25) is 5.91 Å². The lowest BCUT2D eigenvalue weighted by molar-refractivity contribution is -0.143. The predicted molar refractivity (Wildman–Crippen MR) is 98.2 cm³/mol. The van der Waals surface area contributed by atoms with Gasteiger partial charge in [0.15, 0.2) is 18.2 Å². The molecular weight excluding hydrogens is 469 g/mol. The molecule has 0 spiro atoms. The van der Waals surface area contributed by atoms with Crippen LogP contribution < -0.4 is 21.1 Å². The lowest BCUT2D eigenvalue weighted by atomic mass is 10.1. The number of imide groups is 1. The third-order valence-corrected chi connectivity index (χ3v) is 3.17. The Labute approximate surface area is 180 Å². The van der Waals surface area contributed by atoms with E-state index in [9.17, 15) is 45.1 Å². The van der Waals surface area contributed by atoms with Crippen LogP contribution in [0.5, 0.6) is 5.75 Å². The molecule has 15 heteroatoms. The van der Waals surface area contributed by atoms with Crippen LogP contribution in [0.4, 0.5) is 41.3 Å². The molecule has 0 aliphatic carbocycles. The van der Waals surface area contributed by atoms with Crippen molar-refractivity contribution in [1.82, 2.24) is 10.3 Å². The molecule has 0 saturated heterocycles. The van der Waals surface area contributed by atoms with Crippen molar-refractivity contribution >= 4 is 23.7 Å². The van der Waals surface area contributed by atoms with E-state index in [1.807, 2.05) is 5.32 Å². The van der Waals surface area contributed by atoms with Gasteiger partial charge in [0.05, 0.1) is 11.1 Å². The number of alkyl halides is 6. The predicted octanol–water partition coefficient (Wildman–Crippen LogP) is 3.48. The number of pyridine rings is 1. The number of ether oxygens (including phenoxy) is 1. The van der Waals surface area contributed by atoms with E-state index in [4.69, 9.17) is 0 Å². The molecule has 4 N–H and O–H groups in total. The van der Waals surface area contributed by atoms with E-state index in [-0.39, 0.29) is 24.1 Å². The van der Waals surface area contributed by atoms with E-state index < -0.39 is 59.4 Å². The van der Waals surface area contributed by atoms with Gasteiger partial charge in [-0.25, -0.2) is 14.2 Å². The van der Waals surface area contributed by atoms with Gasteiger partial charge in [-0.3, -0.25) is 20.2 Å². The van der Waals surface area contributed by atoms with Crippen molar-refractivity contribution in [3.05, 3.63) is 53.5 Å². The van der Waals surface area contributed by atoms with Crippen LogP contribution in [0, 0.1) is 5.82 Å². The first-order valence-electron chi connectivity index (χ1n) is 8.49. The Morgan fingerprint density at radius 2 is 1.55 bits per heavy atom. The molecule has 1 aromatic carbocycles. The van der Waals surface area contributed by atoms with E-state index in [2.05, 4.69) is 15.5 Å². The molecular formula is C18H15F7N4O4. The summed E-state index contributed by atoms with van der Waals surface area (Å²) in [6.07, 6.45) is -9.03. The first kappa shape index (κ1) is 27.1. The van der Waals surface area contributed by atoms with Gasteiger partial charge < -0.3 is 10.5 Å². The molecule has 33 heavy (non-hydrogen) atoms. The van der Waals surface area contributed by atoms with Crippen molar-refractivity contribution in [1.29, 1.82) is 0 Å². The summed E-state index contributed by atoms with van der Waals surface area (Å²) in [6.45, 7) is 0.219. The van der Waals surface area contributed by atoms with Gasteiger partial charge in [0.1, 0.15) is 5.75 Å². The van der Waals surface area contributed by atoms with Crippen molar-refractivity contribution in [3.63, 3.8) is 0 Å². The number of rotatable bonds is 4. The Balaban J connectivity index is 0.00000125. The molecule has 0 aliphatic heterocycles. The van der Waals surface area contributed by atoms with E-state index in [0.717, 1.165) is 12.3 Å². The molecule has 0 saturated carbocycles. The number of carbonyl (C=O) groups excluding carboxylic acids is 3. The first-order chi connectivity index (χ1) is 15.1. The zero-order chi connectivity index (χ0) is 25.4. The number of urea groups is 1. The number of halogens is 7. The second kappa shape index (κ2) is 11.1. The van der Waals surface area contributed by atoms with Gasteiger partial charge in [-0.15, -0.1) is 0 Å². The number of benzene rings is 1. The lowest BCUT2D eigenvalue weighted by Crippen LogP contribution is -2.37. The summed E-state index contributed by atoms with van der Waals surface area (Å²) in [7, 11) is 0. The Kier molecular flexibility index (Phi) is 9.13. The molecule has 180 valence electrons. The number of aromatic nitrogens is 1. The summed E-state index contributed by atoms with van der Waals surface area (Å²) in [6, 6.07) is 1.40. The largest absolute Gasteiger partial charge is 0.484 e. The third-order valence-electron chi connectivity index (χ3n) is 3.17. The Morgan fingerprint density at radius 1 is 1.03 bits per heavy atom. The highest BCUT2D eigenvalue weighted by atomic mass is 19.4. The zero-order valence-corrected chi connectivity index (χ0v) is 16.5. The summed E-state index contributed by atoms with van der Waals surface area (Å²) in [5.74, 6) is -3.86. The van der Waals surface area contributed by atoms with Gasteiger partial charge in [-0.1, -0.05) is 0 Å². The van der Waals surface area contributed by atoms with Crippen LogP contribution in [0.15, 0.2) is 36.5 Å². The monoisotopic (exact) mass is 484 g/mol. The van der Waals surface area contributed by atoms with Crippen molar-refractivity contribution < 1.29 is 49.9 Å². The Hall–Kier alpha value is -3.91. The minimum atomic E-state index is -5.09. The molecule has 0 bridgehead atoms. The fraction of sp³-hybridized carbons (Fsp3) is 0.222. The number of nitrogens with zero attached hydrogens (tertiary/aromatic N) is 1. The third kappa shape index (κ3) is 9.84. The fourth-order valence-corrected chi connectivity index (χ4v) is 1.94. The molecule has 0 radical (unpaired) electrons. The highest BCUT2D eigenvalue weighted by Crippen LogP contribution is 2.38. The maximum absolute atomic E-state index is 13.3. The Morgan fingerprint density at radius 3 is 2.00 bits per heavy atom. The number of hydrogen-bond acceptors (Lipinski definition) is 5. The van der Waals surface area contributed by atoms with E-state index in [0.29, 0.717) is 0 Å². The van der Waals surface area contributed by atoms with Gasteiger partial charge in [0.25, 0.3) is 5.91 Å². The molecule has 1 heterocycles. The normalized spacial score (nSPS) is 11.0. The molecule has 0 aliphatic rings.